The molecule has 112 valence electrons. The van der Waals surface area contributed by atoms with Gasteiger partial charge in [-0.1, -0.05) is 11.6 Å². The lowest BCUT2D eigenvalue weighted by atomic mass is 10.2. The molecule has 9 heteroatoms. The minimum absolute atomic E-state index is 0.153. The number of carboxylic acid groups (broad SMARTS) is 1. The molecular formula is C12H7BrClFO4S2. The van der Waals surface area contributed by atoms with E-state index in [4.69, 9.17) is 16.7 Å². The van der Waals surface area contributed by atoms with Crippen LogP contribution in [0.1, 0.15) is 15.2 Å². The molecule has 0 aliphatic heterocycles. The van der Waals surface area contributed by atoms with Gasteiger partial charge in [0.2, 0.25) is 0 Å². The summed E-state index contributed by atoms with van der Waals surface area (Å²) in [7, 11) is -4.04. The van der Waals surface area contributed by atoms with Gasteiger partial charge in [-0.25, -0.2) is 17.6 Å². The zero-order valence-electron chi connectivity index (χ0n) is 10.1. The Bertz CT molecular complexity index is 817. The predicted molar refractivity (Wildman–Crippen MR) is 81.3 cm³/mol. The maximum atomic E-state index is 14.1. The van der Waals surface area contributed by atoms with Crippen LogP contribution in [-0.4, -0.2) is 19.5 Å². The van der Waals surface area contributed by atoms with Gasteiger partial charge in [0, 0.05) is 19.8 Å². The molecule has 0 bridgehead atoms. The zero-order valence-corrected chi connectivity index (χ0v) is 14.1. The molecule has 0 spiro atoms. The highest BCUT2D eigenvalue weighted by atomic mass is 79.9. The van der Waals surface area contributed by atoms with Crippen LogP contribution in [0.5, 0.6) is 0 Å². The molecule has 0 saturated heterocycles. The molecule has 0 atom stereocenters. The highest BCUT2D eigenvalue weighted by Gasteiger charge is 2.26. The van der Waals surface area contributed by atoms with E-state index >= 15 is 0 Å². The first kappa shape index (κ1) is 16.4. The van der Waals surface area contributed by atoms with E-state index in [1.54, 1.807) is 11.4 Å². The smallest absolute Gasteiger partial charge is 0.338 e. The molecule has 1 aromatic heterocycles. The molecule has 0 amide bonds. The summed E-state index contributed by atoms with van der Waals surface area (Å²) in [6.07, 6.45) is 0. The molecule has 0 aliphatic rings. The highest BCUT2D eigenvalue weighted by Crippen LogP contribution is 2.29. The van der Waals surface area contributed by atoms with Crippen LogP contribution in [0.15, 0.2) is 32.9 Å². The summed E-state index contributed by atoms with van der Waals surface area (Å²) >= 11 is 10.1. The summed E-state index contributed by atoms with van der Waals surface area (Å²) < 4.78 is 39.3. The van der Waals surface area contributed by atoms with Crippen molar-refractivity contribution in [3.05, 3.63) is 49.3 Å². The van der Waals surface area contributed by atoms with E-state index in [0.29, 0.717) is 4.88 Å². The van der Waals surface area contributed by atoms with Gasteiger partial charge in [0.05, 0.1) is 11.3 Å². The van der Waals surface area contributed by atoms with Crippen LogP contribution in [0.25, 0.3) is 0 Å². The molecule has 1 N–H and O–H groups in total. The first-order valence-electron chi connectivity index (χ1n) is 5.38. The van der Waals surface area contributed by atoms with Crippen molar-refractivity contribution >= 4 is 54.7 Å². The maximum absolute atomic E-state index is 14.1. The van der Waals surface area contributed by atoms with E-state index in [1.807, 2.05) is 0 Å². The van der Waals surface area contributed by atoms with E-state index in [0.717, 1.165) is 16.6 Å². The number of carbonyl (C=O) groups is 1. The molecular weight excluding hydrogens is 407 g/mol. The zero-order chi connectivity index (χ0) is 15.8. The van der Waals surface area contributed by atoms with Gasteiger partial charge in [-0.15, -0.1) is 11.3 Å². The van der Waals surface area contributed by atoms with Gasteiger partial charge in [0.1, 0.15) is 4.90 Å². The first-order valence-corrected chi connectivity index (χ1v) is 9.09. The lowest BCUT2D eigenvalue weighted by Gasteiger charge is -2.07. The van der Waals surface area contributed by atoms with Crippen molar-refractivity contribution in [3.8, 4) is 0 Å². The Morgan fingerprint density at radius 3 is 2.57 bits per heavy atom. The van der Waals surface area contributed by atoms with Crippen molar-refractivity contribution in [1.82, 2.24) is 0 Å². The molecule has 0 fully saturated rings. The minimum atomic E-state index is -4.04. The molecule has 2 aromatic rings. The van der Waals surface area contributed by atoms with Gasteiger partial charge < -0.3 is 5.11 Å². The molecule has 2 rings (SSSR count). The van der Waals surface area contributed by atoms with Crippen LogP contribution in [0.3, 0.4) is 0 Å². The van der Waals surface area contributed by atoms with E-state index in [2.05, 4.69) is 15.9 Å². The maximum Gasteiger partial charge on any atom is 0.338 e. The number of halogens is 3. The number of hydrogen-bond donors (Lipinski definition) is 1. The van der Waals surface area contributed by atoms with Gasteiger partial charge in [0.15, 0.2) is 15.7 Å². The standard InChI is InChI=1S/C12H7BrClFO4S2/c13-6-1-8(20-4-6)5-21(18,19)10-3-7(14)2-9(11(10)15)12(16)17/h1-4H,5H2,(H,16,17). The monoisotopic (exact) mass is 412 g/mol. The highest BCUT2D eigenvalue weighted by molar-refractivity contribution is 9.10. The second kappa shape index (κ2) is 6.04. The van der Waals surface area contributed by atoms with Crippen molar-refractivity contribution in [3.63, 3.8) is 0 Å². The summed E-state index contributed by atoms with van der Waals surface area (Å²) in [5.41, 5.74) is -0.770. The van der Waals surface area contributed by atoms with Crippen LogP contribution in [0, 0.1) is 5.82 Å². The van der Waals surface area contributed by atoms with Gasteiger partial charge in [-0.3, -0.25) is 0 Å². The van der Waals surface area contributed by atoms with Crippen LogP contribution in [-0.2, 0) is 15.6 Å². The van der Waals surface area contributed by atoms with Crippen LogP contribution in [0.2, 0.25) is 5.02 Å². The Hall–Kier alpha value is -0.960. The number of sulfone groups is 1. The van der Waals surface area contributed by atoms with Crippen LogP contribution < -0.4 is 0 Å². The Morgan fingerprint density at radius 1 is 1.38 bits per heavy atom. The Morgan fingerprint density at radius 2 is 2.05 bits per heavy atom. The summed E-state index contributed by atoms with van der Waals surface area (Å²) in [4.78, 5) is 10.7. The molecule has 0 aliphatic carbocycles. The predicted octanol–water partition coefficient (Wildman–Crippen LogP) is 3.98. The number of hydrogen-bond acceptors (Lipinski definition) is 4. The number of rotatable bonds is 4. The third kappa shape index (κ3) is 3.63. The van der Waals surface area contributed by atoms with Crippen LogP contribution in [0.4, 0.5) is 4.39 Å². The van der Waals surface area contributed by atoms with Crippen molar-refractivity contribution in [2.24, 2.45) is 0 Å². The summed E-state index contributed by atoms with van der Waals surface area (Å²) in [5.74, 6) is -3.31. The lowest BCUT2D eigenvalue weighted by molar-refractivity contribution is 0.0691. The fourth-order valence-electron chi connectivity index (χ4n) is 1.64. The quantitative estimate of drug-likeness (QED) is 0.823. The van der Waals surface area contributed by atoms with Crippen molar-refractivity contribution < 1.29 is 22.7 Å². The Labute approximate surface area is 137 Å². The van der Waals surface area contributed by atoms with E-state index in [9.17, 15) is 17.6 Å². The SMILES string of the molecule is O=C(O)c1cc(Cl)cc(S(=O)(=O)Cc2cc(Br)cs2)c1F. The summed E-state index contributed by atoms with van der Waals surface area (Å²) in [5, 5.41) is 10.4. The van der Waals surface area contributed by atoms with E-state index < -0.39 is 37.8 Å². The molecule has 4 nitrogen and oxygen atoms in total. The van der Waals surface area contributed by atoms with Crippen molar-refractivity contribution in [1.29, 1.82) is 0 Å². The molecule has 1 aromatic carbocycles. The second-order valence-electron chi connectivity index (χ2n) is 4.06. The van der Waals surface area contributed by atoms with Crippen LogP contribution >= 0.6 is 38.9 Å². The Kier molecular flexibility index (Phi) is 4.72. The molecule has 0 saturated carbocycles. The number of carboxylic acids is 1. The molecule has 0 unspecified atom stereocenters. The topological polar surface area (TPSA) is 71.4 Å². The lowest BCUT2D eigenvalue weighted by Crippen LogP contribution is -2.11. The van der Waals surface area contributed by atoms with Gasteiger partial charge in [0.25, 0.3) is 0 Å². The summed E-state index contributed by atoms with van der Waals surface area (Å²) in [6, 6.07) is 3.39. The number of thiophene rings is 1. The molecule has 21 heavy (non-hydrogen) atoms. The second-order valence-corrected chi connectivity index (χ2v) is 8.37. The van der Waals surface area contributed by atoms with Gasteiger partial charge >= 0.3 is 5.97 Å². The average molecular weight is 414 g/mol. The van der Waals surface area contributed by atoms with Crippen molar-refractivity contribution in [2.45, 2.75) is 10.6 Å². The van der Waals surface area contributed by atoms with Crippen molar-refractivity contribution in [2.75, 3.05) is 0 Å². The average Bonchev–Trinajstić information content (AvgIpc) is 2.76. The minimum Gasteiger partial charge on any atom is -0.478 e. The fourth-order valence-corrected chi connectivity index (χ4v) is 5.20. The third-order valence-corrected chi connectivity index (χ3v) is 6.28. The van der Waals surface area contributed by atoms with E-state index in [1.165, 1.54) is 11.3 Å². The molecule has 1 heterocycles. The number of benzene rings is 1. The van der Waals surface area contributed by atoms with Gasteiger partial charge in [-0.05, 0) is 34.1 Å². The third-order valence-electron chi connectivity index (χ3n) is 2.52. The molecule has 0 radical (unpaired) electrons. The fraction of sp³-hybridized carbons (Fsp3) is 0.0833. The number of aromatic carboxylic acids is 1. The first-order chi connectivity index (χ1) is 9.70. The normalized spacial score (nSPS) is 11.6. The summed E-state index contributed by atoms with van der Waals surface area (Å²) in [6.45, 7) is 0. The largest absolute Gasteiger partial charge is 0.478 e. The van der Waals surface area contributed by atoms with E-state index in [-0.39, 0.29) is 5.02 Å². The van der Waals surface area contributed by atoms with Gasteiger partial charge in [-0.2, -0.15) is 0 Å². The Balaban J connectivity index is 2.52.